The van der Waals surface area contributed by atoms with Crippen LogP contribution in [0.5, 0.6) is 5.88 Å². The smallest absolute Gasteiger partial charge is 0.232 e. The summed E-state index contributed by atoms with van der Waals surface area (Å²) in [4.78, 5) is 15.5. The van der Waals surface area contributed by atoms with Gasteiger partial charge in [0.25, 0.3) is 0 Å². The summed E-state index contributed by atoms with van der Waals surface area (Å²) in [6.07, 6.45) is 1.56. The Morgan fingerprint density at radius 1 is 1.52 bits per heavy atom. The molecule has 0 aromatic carbocycles. The number of amides is 1. The van der Waals surface area contributed by atoms with Gasteiger partial charge in [0.1, 0.15) is 11.6 Å². The zero-order valence-electron chi connectivity index (χ0n) is 11.6. The number of methoxy groups -OCH3 is 1. The molecule has 0 saturated carbocycles. The van der Waals surface area contributed by atoms with Crippen LogP contribution < -0.4 is 15.8 Å². The minimum atomic E-state index is -0.258. The molecule has 0 spiro atoms. The molecule has 3 N–H and O–H groups in total. The van der Waals surface area contributed by atoms with Gasteiger partial charge in [0.2, 0.25) is 11.8 Å². The summed E-state index contributed by atoms with van der Waals surface area (Å²) in [5.41, 5.74) is 5.43. The van der Waals surface area contributed by atoms with E-state index < -0.39 is 0 Å². The van der Waals surface area contributed by atoms with E-state index in [0.29, 0.717) is 30.6 Å². The average molecular weight is 361 g/mol. The zero-order valence-corrected chi connectivity index (χ0v) is 14.0. The first kappa shape index (κ1) is 22.5. The maximum Gasteiger partial charge on any atom is 0.232 e. The Morgan fingerprint density at radius 3 is 2.81 bits per heavy atom. The predicted octanol–water partition coefficient (Wildman–Crippen LogP) is 1.44. The Labute approximate surface area is 141 Å². The number of nitrogens with one attached hydrogen (secondary N) is 1. The molecule has 0 radical (unpaired) electrons. The van der Waals surface area contributed by atoms with Gasteiger partial charge in [0.15, 0.2) is 0 Å². The van der Waals surface area contributed by atoms with Crippen molar-refractivity contribution in [2.75, 3.05) is 26.8 Å². The largest absolute Gasteiger partial charge is 0.475 e. The first-order valence-corrected chi connectivity index (χ1v) is 6.28. The molecule has 9 heteroatoms. The summed E-state index contributed by atoms with van der Waals surface area (Å²) >= 11 is 5.87. The van der Waals surface area contributed by atoms with Gasteiger partial charge in [0, 0.05) is 19.9 Å². The fourth-order valence-corrected chi connectivity index (χ4v) is 1.53. The summed E-state index contributed by atoms with van der Waals surface area (Å²) in [5, 5.41) is 3.14. The Morgan fingerprint density at radius 2 is 2.24 bits per heavy atom. The van der Waals surface area contributed by atoms with E-state index in [4.69, 9.17) is 26.8 Å². The number of carbonyl (C=O) groups is 1. The fraction of sp³-hybridized carbons (Fsp3) is 0.500. The summed E-state index contributed by atoms with van der Waals surface area (Å²) < 4.78 is 10.3. The van der Waals surface area contributed by atoms with E-state index in [1.54, 1.807) is 18.3 Å². The van der Waals surface area contributed by atoms with Crippen LogP contribution in [0.1, 0.15) is 6.42 Å². The van der Waals surface area contributed by atoms with Crippen molar-refractivity contribution in [1.29, 1.82) is 0 Å². The number of carbonyl (C=O) groups excluding carboxylic acids is 1. The summed E-state index contributed by atoms with van der Waals surface area (Å²) in [6.45, 7) is 0.972. The molecule has 0 aliphatic carbocycles. The van der Waals surface area contributed by atoms with Crippen LogP contribution in [-0.4, -0.2) is 43.8 Å². The number of rotatable bonds is 8. The fourth-order valence-electron chi connectivity index (χ4n) is 1.36. The lowest BCUT2D eigenvalue weighted by atomic mass is 10.2. The molecule has 122 valence electrons. The Bertz CT molecular complexity index is 406. The molecule has 0 fully saturated rings. The second-order valence-electron chi connectivity index (χ2n) is 3.79. The van der Waals surface area contributed by atoms with Crippen molar-refractivity contribution in [1.82, 2.24) is 10.3 Å². The van der Waals surface area contributed by atoms with E-state index in [2.05, 4.69) is 10.3 Å². The second kappa shape index (κ2) is 12.9. The highest BCUT2D eigenvalue weighted by atomic mass is 35.5. The molecule has 0 aliphatic rings. The standard InChI is InChI=1S/C12H18ClN3O3.2ClH/c1-18-9(8-14)7-11(17)15-5-6-19-12-10(13)3-2-4-16-12;;/h2-4,9H,5-8,14H2,1H3,(H,15,17);2*1H. The third-order valence-corrected chi connectivity index (χ3v) is 2.68. The Hall–Kier alpha value is -0.790. The first-order chi connectivity index (χ1) is 9.17. The maximum atomic E-state index is 11.5. The number of halogens is 3. The van der Waals surface area contributed by atoms with Crippen molar-refractivity contribution in [3.63, 3.8) is 0 Å². The van der Waals surface area contributed by atoms with Crippen LogP contribution in [0.25, 0.3) is 0 Å². The topological polar surface area (TPSA) is 86.5 Å². The number of hydrogen-bond acceptors (Lipinski definition) is 5. The molecule has 0 bridgehead atoms. The van der Waals surface area contributed by atoms with Gasteiger partial charge < -0.3 is 20.5 Å². The Kier molecular flexibility index (Phi) is 13.8. The van der Waals surface area contributed by atoms with Gasteiger partial charge in [-0.25, -0.2) is 4.98 Å². The van der Waals surface area contributed by atoms with Crippen molar-refractivity contribution < 1.29 is 14.3 Å². The van der Waals surface area contributed by atoms with Gasteiger partial charge in [-0.15, -0.1) is 24.8 Å². The molecule has 1 heterocycles. The van der Waals surface area contributed by atoms with E-state index in [0.717, 1.165) is 0 Å². The molecular weight excluding hydrogens is 341 g/mol. The number of hydrogen-bond donors (Lipinski definition) is 2. The minimum Gasteiger partial charge on any atom is -0.475 e. The van der Waals surface area contributed by atoms with Crippen LogP contribution in [-0.2, 0) is 9.53 Å². The molecule has 1 unspecified atom stereocenters. The van der Waals surface area contributed by atoms with Crippen LogP contribution in [0.15, 0.2) is 18.3 Å². The van der Waals surface area contributed by atoms with E-state index in [1.807, 2.05) is 0 Å². The molecular formula is C12H20Cl3N3O3. The molecule has 0 aliphatic heterocycles. The summed E-state index contributed by atoms with van der Waals surface area (Å²) in [5.74, 6) is 0.225. The third kappa shape index (κ3) is 8.95. The van der Waals surface area contributed by atoms with E-state index in [9.17, 15) is 4.79 Å². The molecule has 1 aromatic heterocycles. The molecule has 1 amide bonds. The van der Waals surface area contributed by atoms with Gasteiger partial charge in [-0.2, -0.15) is 0 Å². The molecule has 21 heavy (non-hydrogen) atoms. The third-order valence-electron chi connectivity index (χ3n) is 2.40. The summed E-state index contributed by atoms with van der Waals surface area (Å²) in [6, 6.07) is 3.40. The van der Waals surface area contributed by atoms with E-state index in [1.165, 1.54) is 7.11 Å². The molecule has 6 nitrogen and oxygen atoms in total. The van der Waals surface area contributed by atoms with Gasteiger partial charge in [0.05, 0.1) is 19.1 Å². The average Bonchev–Trinajstić information content (AvgIpc) is 2.42. The number of aromatic nitrogens is 1. The lowest BCUT2D eigenvalue weighted by Crippen LogP contribution is -2.34. The highest BCUT2D eigenvalue weighted by molar-refractivity contribution is 6.31. The van der Waals surface area contributed by atoms with Crippen molar-refractivity contribution in [3.8, 4) is 5.88 Å². The van der Waals surface area contributed by atoms with Crippen molar-refractivity contribution >= 4 is 42.3 Å². The van der Waals surface area contributed by atoms with Crippen molar-refractivity contribution in [2.24, 2.45) is 5.73 Å². The number of nitrogens with two attached hydrogens (primary N) is 1. The summed E-state index contributed by atoms with van der Waals surface area (Å²) in [7, 11) is 1.52. The van der Waals surface area contributed by atoms with Crippen LogP contribution in [0, 0.1) is 0 Å². The van der Waals surface area contributed by atoms with Crippen molar-refractivity contribution in [3.05, 3.63) is 23.4 Å². The van der Waals surface area contributed by atoms with Gasteiger partial charge >= 0.3 is 0 Å². The minimum absolute atomic E-state index is 0. The van der Waals surface area contributed by atoms with E-state index >= 15 is 0 Å². The highest BCUT2D eigenvalue weighted by Gasteiger charge is 2.10. The van der Waals surface area contributed by atoms with Crippen LogP contribution in [0.3, 0.4) is 0 Å². The van der Waals surface area contributed by atoms with Crippen LogP contribution in [0.2, 0.25) is 5.02 Å². The predicted molar refractivity (Wildman–Crippen MR) is 86.7 cm³/mol. The molecule has 1 atom stereocenters. The number of ether oxygens (including phenoxy) is 2. The zero-order chi connectivity index (χ0) is 14.1. The lowest BCUT2D eigenvalue weighted by molar-refractivity contribution is -0.123. The van der Waals surface area contributed by atoms with Gasteiger partial charge in [-0.3, -0.25) is 4.79 Å². The number of pyridine rings is 1. The van der Waals surface area contributed by atoms with Crippen LogP contribution in [0.4, 0.5) is 0 Å². The van der Waals surface area contributed by atoms with Gasteiger partial charge in [-0.05, 0) is 12.1 Å². The van der Waals surface area contributed by atoms with E-state index in [-0.39, 0.29) is 43.2 Å². The molecule has 1 rings (SSSR count). The van der Waals surface area contributed by atoms with Crippen molar-refractivity contribution in [2.45, 2.75) is 12.5 Å². The second-order valence-corrected chi connectivity index (χ2v) is 4.19. The molecule has 0 saturated heterocycles. The normalized spacial score (nSPS) is 10.8. The van der Waals surface area contributed by atoms with Crippen LogP contribution >= 0.6 is 36.4 Å². The highest BCUT2D eigenvalue weighted by Crippen LogP contribution is 2.19. The SMILES string of the molecule is COC(CN)CC(=O)NCCOc1ncccc1Cl.Cl.Cl. The lowest BCUT2D eigenvalue weighted by Gasteiger charge is -2.12. The first-order valence-electron chi connectivity index (χ1n) is 5.90. The Balaban J connectivity index is 0. The maximum absolute atomic E-state index is 11.5. The monoisotopic (exact) mass is 359 g/mol. The number of nitrogens with zero attached hydrogens (tertiary/aromatic N) is 1. The van der Waals surface area contributed by atoms with Gasteiger partial charge in [-0.1, -0.05) is 11.6 Å². The quantitative estimate of drug-likeness (QED) is 0.685. The molecule has 1 aromatic rings.